The predicted octanol–water partition coefficient (Wildman–Crippen LogP) is 3.56. The van der Waals surface area contributed by atoms with Crippen LogP contribution in [0.4, 0.5) is 14.5 Å². The third-order valence-electron chi connectivity index (χ3n) is 5.30. The van der Waals surface area contributed by atoms with Crippen LogP contribution in [0.15, 0.2) is 54.6 Å². The monoisotopic (exact) mass is 473 g/mol. The van der Waals surface area contributed by atoms with Gasteiger partial charge in [-0.2, -0.15) is 8.78 Å². The Morgan fingerprint density at radius 2 is 1.79 bits per heavy atom. The molecule has 7 nitrogen and oxygen atoms in total. The van der Waals surface area contributed by atoms with Crippen LogP contribution in [0.2, 0.25) is 0 Å². The summed E-state index contributed by atoms with van der Waals surface area (Å²) in [5.74, 6) is -0.245. The number of nitrogens with one attached hydrogen (secondary N) is 1. The van der Waals surface area contributed by atoms with Crippen molar-refractivity contribution in [2.24, 2.45) is 0 Å². The smallest absolute Gasteiger partial charge is 0.387 e. The SMILES string of the molecule is CCOc1cc(/C=C/C(=O)NCCC(=O)N2CCN(c3ccccc3)CC2)ccc1OC(F)F. The number of para-hydroxylation sites is 1. The average Bonchev–Trinajstić information content (AvgIpc) is 2.84. The number of benzene rings is 2. The minimum atomic E-state index is -2.96. The van der Waals surface area contributed by atoms with Crippen LogP contribution >= 0.6 is 0 Å². The highest BCUT2D eigenvalue weighted by Crippen LogP contribution is 2.30. The van der Waals surface area contributed by atoms with Crippen LogP contribution in [0.25, 0.3) is 6.08 Å². The predicted molar refractivity (Wildman–Crippen MR) is 126 cm³/mol. The van der Waals surface area contributed by atoms with Crippen molar-refractivity contribution in [3.63, 3.8) is 0 Å². The number of ether oxygens (including phenoxy) is 2. The van der Waals surface area contributed by atoms with Gasteiger partial charge in [0.05, 0.1) is 6.61 Å². The van der Waals surface area contributed by atoms with E-state index in [1.54, 1.807) is 13.0 Å². The number of anilines is 1. The standard InChI is InChI=1S/C25H29F2N3O4/c1-2-33-22-18-19(8-10-21(22)34-25(26)27)9-11-23(31)28-13-12-24(32)30-16-14-29(15-17-30)20-6-4-3-5-7-20/h3-11,18,25H,2,12-17H2,1H3,(H,28,31)/b11-9+. The van der Waals surface area contributed by atoms with Gasteiger partial charge in [0.15, 0.2) is 11.5 Å². The lowest BCUT2D eigenvalue weighted by Crippen LogP contribution is -2.49. The molecule has 0 atom stereocenters. The molecular weight excluding hydrogens is 444 g/mol. The lowest BCUT2D eigenvalue weighted by Gasteiger charge is -2.36. The molecule has 2 aromatic carbocycles. The molecule has 1 aliphatic heterocycles. The molecule has 1 saturated heterocycles. The van der Waals surface area contributed by atoms with Gasteiger partial charge in [0.25, 0.3) is 0 Å². The summed E-state index contributed by atoms with van der Waals surface area (Å²) in [7, 11) is 0. The highest BCUT2D eigenvalue weighted by molar-refractivity contribution is 5.92. The van der Waals surface area contributed by atoms with Crippen LogP contribution in [0.3, 0.4) is 0 Å². The molecule has 1 aliphatic rings. The fraction of sp³-hybridized carbons (Fsp3) is 0.360. The maximum Gasteiger partial charge on any atom is 0.387 e. The summed E-state index contributed by atoms with van der Waals surface area (Å²) in [5, 5.41) is 2.70. The fourth-order valence-electron chi connectivity index (χ4n) is 3.62. The first kappa shape index (κ1) is 25.0. The lowest BCUT2D eigenvalue weighted by molar-refractivity contribution is -0.131. The molecular formula is C25H29F2N3O4. The third kappa shape index (κ3) is 7.47. The van der Waals surface area contributed by atoms with Gasteiger partial charge < -0.3 is 24.6 Å². The highest BCUT2D eigenvalue weighted by atomic mass is 19.3. The lowest BCUT2D eigenvalue weighted by atomic mass is 10.2. The molecule has 2 amide bonds. The number of nitrogens with zero attached hydrogens (tertiary/aromatic N) is 2. The summed E-state index contributed by atoms with van der Waals surface area (Å²) in [6, 6.07) is 14.5. The summed E-state index contributed by atoms with van der Waals surface area (Å²) in [4.78, 5) is 28.6. The normalized spacial score (nSPS) is 13.9. The van der Waals surface area contributed by atoms with Crippen LogP contribution < -0.4 is 19.7 Å². The highest BCUT2D eigenvalue weighted by Gasteiger charge is 2.21. The summed E-state index contributed by atoms with van der Waals surface area (Å²) < 4.78 is 34.8. The number of amides is 2. The van der Waals surface area contributed by atoms with E-state index < -0.39 is 6.61 Å². The van der Waals surface area contributed by atoms with E-state index in [0.29, 0.717) is 18.7 Å². The van der Waals surface area contributed by atoms with Gasteiger partial charge in [0.1, 0.15) is 0 Å². The Morgan fingerprint density at radius 1 is 1.06 bits per heavy atom. The molecule has 1 N–H and O–H groups in total. The second kappa shape index (κ2) is 12.6. The van der Waals surface area contributed by atoms with E-state index in [1.807, 2.05) is 23.1 Å². The van der Waals surface area contributed by atoms with E-state index in [9.17, 15) is 18.4 Å². The number of rotatable bonds is 10. The van der Waals surface area contributed by atoms with Crippen molar-refractivity contribution in [2.45, 2.75) is 20.0 Å². The average molecular weight is 474 g/mol. The summed E-state index contributed by atoms with van der Waals surface area (Å²) >= 11 is 0. The second-order valence-corrected chi connectivity index (χ2v) is 7.60. The van der Waals surface area contributed by atoms with Gasteiger partial charge in [-0.15, -0.1) is 0 Å². The fourth-order valence-corrected chi connectivity index (χ4v) is 3.62. The van der Waals surface area contributed by atoms with Gasteiger partial charge in [0.2, 0.25) is 11.8 Å². The van der Waals surface area contributed by atoms with Gasteiger partial charge in [-0.3, -0.25) is 9.59 Å². The molecule has 1 heterocycles. The van der Waals surface area contributed by atoms with E-state index in [4.69, 9.17) is 4.74 Å². The van der Waals surface area contributed by atoms with E-state index in [0.717, 1.165) is 18.8 Å². The third-order valence-corrected chi connectivity index (χ3v) is 5.30. The number of halogens is 2. The first-order valence-electron chi connectivity index (χ1n) is 11.2. The van der Waals surface area contributed by atoms with Crippen molar-refractivity contribution >= 4 is 23.6 Å². The van der Waals surface area contributed by atoms with E-state index in [2.05, 4.69) is 27.1 Å². The van der Waals surface area contributed by atoms with Crippen molar-refractivity contribution in [2.75, 3.05) is 44.2 Å². The molecule has 182 valence electrons. The van der Waals surface area contributed by atoms with Crippen LogP contribution in [0, 0.1) is 0 Å². The van der Waals surface area contributed by atoms with Gasteiger partial charge in [0, 0.05) is 50.9 Å². The minimum absolute atomic E-state index is 0.00738. The van der Waals surface area contributed by atoms with Gasteiger partial charge >= 0.3 is 6.61 Å². The number of hydrogen-bond acceptors (Lipinski definition) is 5. The van der Waals surface area contributed by atoms with Crippen LogP contribution in [0.5, 0.6) is 11.5 Å². The van der Waals surface area contributed by atoms with Crippen LogP contribution in [0.1, 0.15) is 18.9 Å². The molecule has 0 unspecified atom stereocenters. The summed E-state index contributed by atoms with van der Waals surface area (Å²) in [5.41, 5.74) is 1.74. The van der Waals surface area contributed by atoms with Gasteiger partial charge in [-0.25, -0.2) is 0 Å². The van der Waals surface area contributed by atoms with Crippen LogP contribution in [-0.4, -0.2) is 62.7 Å². The quantitative estimate of drug-likeness (QED) is 0.535. The Morgan fingerprint density at radius 3 is 2.47 bits per heavy atom. The van der Waals surface area contributed by atoms with Crippen molar-refractivity contribution in [3.05, 3.63) is 60.2 Å². The number of carbonyl (C=O) groups is 2. The largest absolute Gasteiger partial charge is 0.490 e. The molecule has 0 bridgehead atoms. The van der Waals surface area contributed by atoms with E-state index in [-0.39, 0.29) is 42.9 Å². The van der Waals surface area contributed by atoms with Crippen molar-refractivity contribution < 1.29 is 27.8 Å². The molecule has 3 rings (SSSR count). The molecule has 0 radical (unpaired) electrons. The molecule has 2 aromatic rings. The maximum atomic E-state index is 12.5. The molecule has 0 aliphatic carbocycles. The summed E-state index contributed by atoms with van der Waals surface area (Å²) in [6.45, 7) is 2.12. The zero-order chi connectivity index (χ0) is 24.3. The second-order valence-electron chi connectivity index (χ2n) is 7.60. The van der Waals surface area contributed by atoms with Gasteiger partial charge in [-0.1, -0.05) is 24.3 Å². The molecule has 1 fully saturated rings. The molecule has 0 saturated carbocycles. The Balaban J connectivity index is 1.42. The van der Waals surface area contributed by atoms with Crippen LogP contribution in [-0.2, 0) is 9.59 Å². The van der Waals surface area contributed by atoms with Crippen molar-refractivity contribution in [1.29, 1.82) is 0 Å². The van der Waals surface area contributed by atoms with Gasteiger partial charge in [-0.05, 0) is 42.8 Å². The minimum Gasteiger partial charge on any atom is -0.490 e. The first-order chi connectivity index (χ1) is 16.5. The zero-order valence-electron chi connectivity index (χ0n) is 19.1. The Hall–Kier alpha value is -3.62. The summed E-state index contributed by atoms with van der Waals surface area (Å²) in [6.07, 6.45) is 3.08. The maximum absolute atomic E-state index is 12.5. The Labute approximate surface area is 197 Å². The van der Waals surface area contributed by atoms with Crippen molar-refractivity contribution in [1.82, 2.24) is 10.2 Å². The Bertz CT molecular complexity index is 977. The first-order valence-corrected chi connectivity index (χ1v) is 11.2. The zero-order valence-corrected chi connectivity index (χ0v) is 19.1. The van der Waals surface area contributed by atoms with Crippen molar-refractivity contribution in [3.8, 4) is 11.5 Å². The molecule has 0 aromatic heterocycles. The number of hydrogen-bond donors (Lipinski definition) is 1. The number of alkyl halides is 2. The Kier molecular flexibility index (Phi) is 9.25. The molecule has 0 spiro atoms. The number of carbonyl (C=O) groups excluding carboxylic acids is 2. The molecule has 9 heteroatoms. The van der Waals surface area contributed by atoms with E-state index >= 15 is 0 Å². The molecule has 34 heavy (non-hydrogen) atoms. The topological polar surface area (TPSA) is 71.1 Å². The number of piperazine rings is 1. The van der Waals surface area contributed by atoms with E-state index in [1.165, 1.54) is 24.3 Å².